The number of ketones is 1. The number of likely N-dealkylation sites (N-methyl/N-ethyl adjacent to an activating group) is 1. The molecule has 1 aliphatic rings. The first-order chi connectivity index (χ1) is 17.5. The van der Waals surface area contributed by atoms with Crippen LogP contribution in [0.15, 0.2) is 58.5 Å². The fourth-order valence-corrected chi connectivity index (χ4v) is 6.59. The average molecular weight is 524 g/mol. The van der Waals surface area contributed by atoms with Crippen LogP contribution in [0.2, 0.25) is 0 Å². The molecular formula is C27H26FN3O3S2. The molecule has 0 radical (unpaired) electrons. The van der Waals surface area contributed by atoms with E-state index in [2.05, 4.69) is 11.8 Å². The lowest BCUT2D eigenvalue weighted by Gasteiger charge is -2.25. The van der Waals surface area contributed by atoms with Gasteiger partial charge < -0.3 is 4.74 Å². The van der Waals surface area contributed by atoms with Gasteiger partial charge >= 0.3 is 0 Å². The summed E-state index contributed by atoms with van der Waals surface area (Å²) < 4.78 is 20.4. The quantitative estimate of drug-likeness (QED) is 0.177. The van der Waals surface area contributed by atoms with Crippen LogP contribution < -0.4 is 10.3 Å². The highest BCUT2D eigenvalue weighted by molar-refractivity contribution is 7.99. The predicted octanol–water partition coefficient (Wildman–Crippen LogP) is 5.34. The van der Waals surface area contributed by atoms with E-state index in [0.29, 0.717) is 33.2 Å². The smallest absolute Gasteiger partial charge is 0.267 e. The van der Waals surface area contributed by atoms with Crippen molar-refractivity contribution in [2.75, 3.05) is 25.4 Å². The summed E-state index contributed by atoms with van der Waals surface area (Å²) in [6.07, 6.45) is 0.818. The molecule has 0 spiro atoms. The molecule has 9 heteroatoms. The van der Waals surface area contributed by atoms with E-state index in [-0.39, 0.29) is 22.9 Å². The lowest BCUT2D eigenvalue weighted by Crippen LogP contribution is -2.30. The Labute approximate surface area is 216 Å². The Kier molecular flexibility index (Phi) is 7.22. The minimum atomic E-state index is -0.390. The highest BCUT2D eigenvalue weighted by Gasteiger charge is 2.25. The van der Waals surface area contributed by atoms with Crippen LogP contribution in [0, 0.1) is 5.82 Å². The maximum absolute atomic E-state index is 13.9. The van der Waals surface area contributed by atoms with Gasteiger partial charge in [-0.15, -0.1) is 11.3 Å². The van der Waals surface area contributed by atoms with Crippen molar-refractivity contribution in [3.8, 4) is 11.4 Å². The molecule has 6 nitrogen and oxygen atoms in total. The Morgan fingerprint density at radius 1 is 1.14 bits per heavy atom. The molecule has 5 rings (SSSR count). The van der Waals surface area contributed by atoms with Crippen LogP contribution in [0.4, 0.5) is 4.39 Å². The third-order valence-corrected chi connectivity index (χ3v) is 8.32. The normalized spacial score (nSPS) is 13.6. The molecule has 36 heavy (non-hydrogen) atoms. The van der Waals surface area contributed by atoms with Crippen molar-refractivity contribution < 1.29 is 13.9 Å². The summed E-state index contributed by atoms with van der Waals surface area (Å²) >= 11 is 2.78. The van der Waals surface area contributed by atoms with Crippen molar-refractivity contribution >= 4 is 39.1 Å². The zero-order valence-corrected chi connectivity index (χ0v) is 21.8. The number of Topliss-reactive ketones (excluding diaryl/α,β-unsaturated/α-hetero) is 1. The number of carbonyl (C=O) groups excluding carboxylic acids is 1. The molecule has 0 bridgehead atoms. The van der Waals surface area contributed by atoms with Crippen LogP contribution >= 0.6 is 23.1 Å². The summed E-state index contributed by atoms with van der Waals surface area (Å²) in [6, 6.07) is 12.8. The largest absolute Gasteiger partial charge is 0.494 e. The van der Waals surface area contributed by atoms with Crippen LogP contribution in [0.25, 0.3) is 15.9 Å². The summed E-state index contributed by atoms with van der Waals surface area (Å²) in [5.41, 5.74) is 2.06. The lowest BCUT2D eigenvalue weighted by atomic mass is 10.1. The highest BCUT2D eigenvalue weighted by atomic mass is 32.2. The van der Waals surface area contributed by atoms with E-state index in [1.54, 1.807) is 15.9 Å². The number of halogens is 1. The molecule has 0 aliphatic carbocycles. The topological polar surface area (TPSA) is 64.4 Å². The summed E-state index contributed by atoms with van der Waals surface area (Å²) in [4.78, 5) is 35.9. The van der Waals surface area contributed by atoms with E-state index in [4.69, 9.17) is 9.72 Å². The fourth-order valence-electron chi connectivity index (χ4n) is 4.38. The van der Waals surface area contributed by atoms with E-state index in [0.717, 1.165) is 37.4 Å². The highest BCUT2D eigenvalue weighted by Crippen LogP contribution is 2.34. The monoisotopic (exact) mass is 523 g/mol. The van der Waals surface area contributed by atoms with Crippen molar-refractivity contribution in [1.29, 1.82) is 0 Å². The van der Waals surface area contributed by atoms with Gasteiger partial charge in [0.2, 0.25) is 0 Å². The Hall–Kier alpha value is -3.01. The second-order valence-electron chi connectivity index (χ2n) is 8.48. The van der Waals surface area contributed by atoms with Crippen molar-refractivity contribution in [1.82, 2.24) is 14.5 Å². The molecule has 0 N–H and O–H groups in total. The van der Waals surface area contributed by atoms with E-state index in [9.17, 15) is 14.0 Å². The molecule has 2 aromatic carbocycles. The summed E-state index contributed by atoms with van der Waals surface area (Å²) in [6.45, 7) is 7.31. The number of rotatable bonds is 8. The van der Waals surface area contributed by atoms with Gasteiger partial charge in [0.05, 0.1) is 23.4 Å². The van der Waals surface area contributed by atoms with Gasteiger partial charge in [-0.1, -0.05) is 18.7 Å². The third-order valence-electron chi connectivity index (χ3n) is 6.27. The van der Waals surface area contributed by atoms with Gasteiger partial charge in [0.15, 0.2) is 10.9 Å². The van der Waals surface area contributed by atoms with Crippen molar-refractivity contribution in [2.45, 2.75) is 32.0 Å². The first kappa shape index (κ1) is 24.7. The van der Waals surface area contributed by atoms with Crippen LogP contribution in [-0.4, -0.2) is 45.7 Å². The fraction of sp³-hybridized carbons (Fsp3) is 0.296. The minimum Gasteiger partial charge on any atom is -0.494 e. The van der Waals surface area contributed by atoms with Crippen molar-refractivity contribution in [3.63, 3.8) is 0 Å². The Bertz CT molecular complexity index is 1460. The molecule has 0 saturated heterocycles. The van der Waals surface area contributed by atoms with Gasteiger partial charge in [-0.25, -0.2) is 9.37 Å². The second kappa shape index (κ2) is 10.5. The van der Waals surface area contributed by atoms with Crippen LogP contribution in [0.1, 0.15) is 34.6 Å². The van der Waals surface area contributed by atoms with Gasteiger partial charge in [-0.2, -0.15) is 0 Å². The van der Waals surface area contributed by atoms with Crippen LogP contribution in [-0.2, 0) is 13.0 Å². The van der Waals surface area contributed by atoms with Crippen LogP contribution in [0.5, 0.6) is 5.75 Å². The predicted molar refractivity (Wildman–Crippen MR) is 142 cm³/mol. The summed E-state index contributed by atoms with van der Waals surface area (Å²) in [7, 11) is 0. The molecule has 4 aromatic rings. The van der Waals surface area contributed by atoms with Crippen LogP contribution in [0.3, 0.4) is 0 Å². The van der Waals surface area contributed by atoms with E-state index >= 15 is 0 Å². The maximum atomic E-state index is 13.9. The Balaban J connectivity index is 1.57. The maximum Gasteiger partial charge on any atom is 0.267 e. The van der Waals surface area contributed by atoms with Gasteiger partial charge in [0.25, 0.3) is 5.56 Å². The number of hydrogen-bond acceptors (Lipinski definition) is 7. The number of benzene rings is 2. The van der Waals surface area contributed by atoms with Gasteiger partial charge in [0, 0.05) is 23.5 Å². The number of hydrogen-bond donors (Lipinski definition) is 0. The number of thioether (sulfide) groups is 1. The van der Waals surface area contributed by atoms with Crippen molar-refractivity contribution in [3.05, 3.63) is 80.7 Å². The number of nitrogens with zero attached hydrogens (tertiary/aromatic N) is 3. The Morgan fingerprint density at radius 3 is 2.58 bits per heavy atom. The molecule has 186 valence electrons. The molecule has 1 aliphatic heterocycles. The van der Waals surface area contributed by atoms with Gasteiger partial charge in [0.1, 0.15) is 16.4 Å². The SMILES string of the molecule is CCOc1ccc(-n2c(SCC(=O)c3ccc(F)cc3)nc3sc4c(c3c2=O)CCN(CC)C4)cc1. The van der Waals surface area contributed by atoms with Gasteiger partial charge in [-0.3, -0.25) is 19.1 Å². The lowest BCUT2D eigenvalue weighted by molar-refractivity contribution is 0.102. The first-order valence-corrected chi connectivity index (χ1v) is 13.7. The zero-order chi connectivity index (χ0) is 25.2. The zero-order valence-electron chi connectivity index (χ0n) is 20.1. The molecule has 0 fully saturated rings. The minimum absolute atomic E-state index is 0.0787. The van der Waals surface area contributed by atoms with Gasteiger partial charge in [-0.05, 0) is 74.0 Å². The second-order valence-corrected chi connectivity index (χ2v) is 10.5. The molecule has 2 aromatic heterocycles. The van der Waals surface area contributed by atoms with E-state index < -0.39 is 0 Å². The number of aromatic nitrogens is 2. The standard InChI is InChI=1S/C27H26FN3O3S2/c1-3-30-14-13-21-23(15-30)36-25-24(21)26(33)31(19-9-11-20(12-10-19)34-4-2)27(29-25)35-16-22(32)17-5-7-18(28)8-6-17/h5-12H,3-4,13-16H2,1-2H3. The van der Waals surface area contributed by atoms with Crippen molar-refractivity contribution in [2.24, 2.45) is 0 Å². The Morgan fingerprint density at radius 2 is 1.89 bits per heavy atom. The number of ether oxygens (including phenoxy) is 1. The van der Waals surface area contributed by atoms with E-state index in [1.165, 1.54) is 40.9 Å². The number of carbonyl (C=O) groups is 1. The summed E-state index contributed by atoms with van der Waals surface area (Å²) in [5.74, 6) is 0.252. The molecule has 3 heterocycles. The number of fused-ring (bicyclic) bond motifs is 3. The molecule has 0 unspecified atom stereocenters. The first-order valence-electron chi connectivity index (χ1n) is 11.9. The molecular weight excluding hydrogens is 497 g/mol. The average Bonchev–Trinajstić information content (AvgIpc) is 3.26. The molecule has 0 saturated carbocycles. The third kappa shape index (κ3) is 4.83. The molecule has 0 atom stereocenters. The summed E-state index contributed by atoms with van der Waals surface area (Å²) in [5, 5.41) is 1.13. The number of thiophene rings is 1. The van der Waals surface area contributed by atoms with E-state index in [1.807, 2.05) is 31.2 Å². The molecule has 0 amide bonds.